The molecule has 0 saturated carbocycles. The van der Waals surface area contributed by atoms with Crippen LogP contribution in [0.3, 0.4) is 0 Å². The Morgan fingerprint density at radius 3 is 2.15 bits per heavy atom. The number of methoxy groups -OCH3 is 2. The highest BCUT2D eigenvalue weighted by Gasteiger charge is 2.36. The summed E-state index contributed by atoms with van der Waals surface area (Å²) in [5, 5.41) is 2.21. The molecule has 0 aromatic heterocycles. The second-order valence-electron chi connectivity index (χ2n) is 9.14. The Hall–Kier alpha value is -4.79. The van der Waals surface area contributed by atoms with Crippen molar-refractivity contribution in [3.05, 3.63) is 83.4 Å². The number of carbonyl (C=O) groups excluding carboxylic acids is 3. The van der Waals surface area contributed by atoms with Gasteiger partial charge in [-0.25, -0.2) is 9.69 Å². The molecule has 1 atom stereocenters. The lowest BCUT2D eigenvalue weighted by molar-refractivity contribution is -0.122. The molecular formula is C31H32N2O7. The summed E-state index contributed by atoms with van der Waals surface area (Å²) in [5.74, 6) is 1.21. The normalized spacial score (nSPS) is 15.1. The maximum absolute atomic E-state index is 13.2. The molecule has 0 unspecified atom stereocenters. The third kappa shape index (κ3) is 6.43. The van der Waals surface area contributed by atoms with Crippen LogP contribution in [0.1, 0.15) is 37.3 Å². The molecule has 0 spiro atoms. The predicted octanol–water partition coefficient (Wildman–Crippen LogP) is 5.34. The van der Waals surface area contributed by atoms with Gasteiger partial charge in [-0.1, -0.05) is 32.0 Å². The van der Waals surface area contributed by atoms with Gasteiger partial charge in [0.15, 0.2) is 11.5 Å². The molecule has 1 heterocycles. The van der Waals surface area contributed by atoms with Gasteiger partial charge in [-0.2, -0.15) is 0 Å². The van der Waals surface area contributed by atoms with Gasteiger partial charge in [-0.05, 0) is 78.1 Å². The molecule has 9 nitrogen and oxygen atoms in total. The summed E-state index contributed by atoms with van der Waals surface area (Å²) in [6.07, 6.45) is 2.48. The Kier molecular flexibility index (Phi) is 9.06. The van der Waals surface area contributed by atoms with E-state index in [1.54, 1.807) is 42.5 Å². The van der Waals surface area contributed by atoms with Gasteiger partial charge in [0.2, 0.25) is 0 Å². The largest absolute Gasteiger partial charge is 0.497 e. The fourth-order valence-corrected chi connectivity index (χ4v) is 4.12. The number of nitrogens with zero attached hydrogens (tertiary/aromatic N) is 1. The van der Waals surface area contributed by atoms with Crippen molar-refractivity contribution in [1.29, 1.82) is 0 Å². The first-order chi connectivity index (χ1) is 19.3. The smallest absolute Gasteiger partial charge is 0.335 e. The maximum Gasteiger partial charge on any atom is 0.335 e. The van der Waals surface area contributed by atoms with Gasteiger partial charge in [-0.15, -0.1) is 0 Å². The summed E-state index contributed by atoms with van der Waals surface area (Å²) < 4.78 is 22.2. The number of hydrogen-bond donors (Lipinski definition) is 1. The van der Waals surface area contributed by atoms with Gasteiger partial charge in [0, 0.05) is 0 Å². The van der Waals surface area contributed by atoms with Crippen LogP contribution in [0.2, 0.25) is 0 Å². The van der Waals surface area contributed by atoms with E-state index in [0.717, 1.165) is 17.1 Å². The number of amides is 4. The highest BCUT2D eigenvalue weighted by atomic mass is 16.5. The standard InChI is InChI=1S/C31H32N2O7/c1-5-20(2)22-7-11-25(12-8-22)39-16-17-40-27-15-6-21(19-28(27)38-4)18-26-29(34)32-31(36)33(30(26)35)23-9-13-24(37-3)14-10-23/h6-15,18-20H,5,16-17H2,1-4H3,(H,32,34,36)/b26-18-/t20-/m0/s1. The van der Waals surface area contributed by atoms with Crippen molar-refractivity contribution in [2.45, 2.75) is 26.2 Å². The van der Waals surface area contributed by atoms with Gasteiger partial charge in [0.25, 0.3) is 11.8 Å². The van der Waals surface area contributed by atoms with Crippen LogP contribution in [0.4, 0.5) is 10.5 Å². The number of benzene rings is 3. The number of carbonyl (C=O) groups is 3. The Morgan fingerprint density at radius 1 is 0.825 bits per heavy atom. The van der Waals surface area contributed by atoms with E-state index >= 15 is 0 Å². The van der Waals surface area contributed by atoms with E-state index in [9.17, 15) is 14.4 Å². The lowest BCUT2D eigenvalue weighted by Crippen LogP contribution is -2.54. The topological polar surface area (TPSA) is 103 Å². The third-order valence-electron chi connectivity index (χ3n) is 6.60. The second-order valence-corrected chi connectivity index (χ2v) is 9.14. The van der Waals surface area contributed by atoms with Crippen molar-refractivity contribution in [2.75, 3.05) is 32.3 Å². The molecule has 4 rings (SSSR count). The van der Waals surface area contributed by atoms with Crippen LogP contribution in [0, 0.1) is 0 Å². The van der Waals surface area contributed by atoms with E-state index in [4.69, 9.17) is 18.9 Å². The fourth-order valence-electron chi connectivity index (χ4n) is 4.12. The molecule has 4 amide bonds. The average molecular weight is 545 g/mol. The number of nitrogens with one attached hydrogen (secondary N) is 1. The van der Waals surface area contributed by atoms with Crippen molar-refractivity contribution in [1.82, 2.24) is 5.32 Å². The van der Waals surface area contributed by atoms with Crippen molar-refractivity contribution < 1.29 is 33.3 Å². The summed E-state index contributed by atoms with van der Waals surface area (Å²) >= 11 is 0. The summed E-state index contributed by atoms with van der Waals surface area (Å²) in [7, 11) is 3.01. The zero-order valence-corrected chi connectivity index (χ0v) is 22.9. The number of hydrogen-bond acceptors (Lipinski definition) is 7. The van der Waals surface area contributed by atoms with Gasteiger partial charge in [0.1, 0.15) is 30.3 Å². The van der Waals surface area contributed by atoms with E-state index in [-0.39, 0.29) is 12.2 Å². The van der Waals surface area contributed by atoms with E-state index < -0.39 is 17.8 Å². The molecular weight excluding hydrogens is 512 g/mol. The Morgan fingerprint density at radius 2 is 1.50 bits per heavy atom. The predicted molar refractivity (Wildman–Crippen MR) is 151 cm³/mol. The Bertz CT molecular complexity index is 1400. The third-order valence-corrected chi connectivity index (χ3v) is 6.60. The van der Waals surface area contributed by atoms with Gasteiger partial charge >= 0.3 is 6.03 Å². The molecule has 0 aliphatic carbocycles. The van der Waals surface area contributed by atoms with Crippen LogP contribution in [0.25, 0.3) is 6.08 Å². The van der Waals surface area contributed by atoms with E-state index in [2.05, 4.69) is 31.3 Å². The van der Waals surface area contributed by atoms with Crippen LogP contribution in [-0.2, 0) is 9.59 Å². The lowest BCUT2D eigenvalue weighted by atomic mass is 9.99. The zero-order valence-electron chi connectivity index (χ0n) is 22.9. The minimum atomic E-state index is -0.827. The fraction of sp³-hybridized carbons (Fsp3) is 0.258. The van der Waals surface area contributed by atoms with Crippen molar-refractivity contribution in [3.63, 3.8) is 0 Å². The number of urea groups is 1. The molecule has 1 saturated heterocycles. The van der Waals surface area contributed by atoms with E-state index in [1.807, 2.05) is 12.1 Å². The molecule has 9 heteroatoms. The Balaban J connectivity index is 1.42. The minimum Gasteiger partial charge on any atom is -0.497 e. The van der Waals surface area contributed by atoms with E-state index in [1.165, 1.54) is 25.9 Å². The SMILES string of the molecule is CC[C@H](C)c1ccc(OCCOc2ccc(/C=C3/C(=O)NC(=O)N(c4ccc(OC)cc4)C3=O)cc2OC)cc1. The van der Waals surface area contributed by atoms with Crippen molar-refractivity contribution in [3.8, 4) is 23.0 Å². The van der Waals surface area contributed by atoms with Gasteiger partial charge in [0.05, 0.1) is 19.9 Å². The summed E-state index contributed by atoms with van der Waals surface area (Å²) in [6.45, 7) is 4.97. The van der Waals surface area contributed by atoms with Crippen LogP contribution >= 0.6 is 0 Å². The molecule has 1 aliphatic heterocycles. The molecule has 208 valence electrons. The number of imide groups is 2. The quantitative estimate of drug-likeness (QED) is 0.197. The van der Waals surface area contributed by atoms with Gasteiger partial charge < -0.3 is 18.9 Å². The van der Waals surface area contributed by atoms with Crippen LogP contribution < -0.4 is 29.2 Å². The number of anilines is 1. The molecule has 0 bridgehead atoms. The monoisotopic (exact) mass is 544 g/mol. The Labute approximate surface area is 233 Å². The molecule has 3 aromatic carbocycles. The minimum absolute atomic E-state index is 0.195. The first kappa shape index (κ1) is 28.2. The molecule has 1 N–H and O–H groups in total. The lowest BCUT2D eigenvalue weighted by Gasteiger charge is -2.26. The molecule has 0 radical (unpaired) electrons. The summed E-state index contributed by atoms with van der Waals surface area (Å²) in [6, 6.07) is 18.6. The van der Waals surface area contributed by atoms with Crippen LogP contribution in [0.15, 0.2) is 72.3 Å². The van der Waals surface area contributed by atoms with E-state index in [0.29, 0.717) is 41.0 Å². The zero-order chi connectivity index (χ0) is 28.6. The highest BCUT2D eigenvalue weighted by molar-refractivity contribution is 6.39. The summed E-state index contributed by atoms with van der Waals surface area (Å²) in [4.78, 5) is 39.1. The van der Waals surface area contributed by atoms with Crippen molar-refractivity contribution in [2.24, 2.45) is 0 Å². The highest BCUT2D eigenvalue weighted by Crippen LogP contribution is 2.30. The maximum atomic E-state index is 13.2. The van der Waals surface area contributed by atoms with Gasteiger partial charge in [-0.3, -0.25) is 14.9 Å². The second kappa shape index (κ2) is 12.8. The molecule has 3 aromatic rings. The number of ether oxygens (including phenoxy) is 4. The first-order valence-electron chi connectivity index (χ1n) is 12.9. The number of rotatable bonds is 11. The van der Waals surface area contributed by atoms with Crippen molar-refractivity contribution >= 4 is 29.6 Å². The molecule has 40 heavy (non-hydrogen) atoms. The summed E-state index contributed by atoms with van der Waals surface area (Å²) in [5.41, 5.74) is 1.90. The number of barbiturate groups is 1. The van der Waals surface area contributed by atoms with Crippen LogP contribution in [0.5, 0.6) is 23.0 Å². The molecule has 1 fully saturated rings. The van der Waals surface area contributed by atoms with Crippen LogP contribution in [-0.4, -0.2) is 45.3 Å². The average Bonchev–Trinajstić information content (AvgIpc) is 2.98. The molecule has 1 aliphatic rings. The first-order valence-corrected chi connectivity index (χ1v) is 12.9.